The minimum Gasteiger partial charge on any atom is -0.395 e. The van der Waals surface area contributed by atoms with Crippen molar-refractivity contribution in [1.82, 2.24) is 9.88 Å². The molecule has 2 N–H and O–H groups in total. The van der Waals surface area contributed by atoms with Crippen molar-refractivity contribution in [2.24, 2.45) is 0 Å². The average Bonchev–Trinajstić information content (AvgIpc) is 3.28. The number of aliphatic hydroxyl groups is 1. The maximum atomic E-state index is 12.7. The Kier molecular flexibility index (Phi) is 5.17. The summed E-state index contributed by atoms with van der Waals surface area (Å²) < 4.78 is 0. The van der Waals surface area contributed by atoms with Gasteiger partial charge < -0.3 is 15.3 Å². The first-order valence-electron chi connectivity index (χ1n) is 7.74. The Hall–Kier alpha value is -1.62. The molecule has 1 saturated carbocycles. The first-order chi connectivity index (χ1) is 10.1. The van der Waals surface area contributed by atoms with Gasteiger partial charge in [0.1, 0.15) is 5.82 Å². The highest BCUT2D eigenvalue weighted by molar-refractivity contribution is 5.95. The van der Waals surface area contributed by atoms with Gasteiger partial charge in [-0.3, -0.25) is 4.79 Å². The van der Waals surface area contributed by atoms with Crippen molar-refractivity contribution in [2.75, 3.05) is 25.0 Å². The summed E-state index contributed by atoms with van der Waals surface area (Å²) in [5, 5.41) is 12.4. The fraction of sp³-hybridized carbons (Fsp3) is 0.625. The first kappa shape index (κ1) is 15.8. The van der Waals surface area contributed by atoms with Crippen LogP contribution in [0.5, 0.6) is 0 Å². The summed E-state index contributed by atoms with van der Waals surface area (Å²) in [7, 11) is 0. The molecule has 2 rings (SSSR count). The van der Waals surface area contributed by atoms with Crippen molar-refractivity contribution in [3.8, 4) is 0 Å². The van der Waals surface area contributed by atoms with Crippen LogP contribution in [-0.4, -0.2) is 46.6 Å². The smallest absolute Gasteiger partial charge is 0.254 e. The van der Waals surface area contributed by atoms with Crippen LogP contribution >= 0.6 is 0 Å². The maximum Gasteiger partial charge on any atom is 0.254 e. The maximum absolute atomic E-state index is 12.7. The number of amides is 1. The summed E-state index contributed by atoms with van der Waals surface area (Å²) in [6.45, 7) is 7.32. The lowest BCUT2D eigenvalue weighted by atomic mass is 10.1. The number of nitrogens with zero attached hydrogens (tertiary/aromatic N) is 2. The molecule has 1 aliphatic carbocycles. The molecular weight excluding hydrogens is 266 g/mol. The molecule has 0 aromatic carbocycles. The van der Waals surface area contributed by atoms with Gasteiger partial charge in [-0.2, -0.15) is 0 Å². The predicted molar refractivity (Wildman–Crippen MR) is 83.6 cm³/mol. The number of aliphatic hydroxyl groups excluding tert-OH is 1. The normalized spacial score (nSPS) is 14.3. The summed E-state index contributed by atoms with van der Waals surface area (Å²) in [5.41, 5.74) is 1.57. The van der Waals surface area contributed by atoms with Gasteiger partial charge in [-0.1, -0.05) is 13.8 Å². The number of anilines is 1. The molecule has 0 atom stereocenters. The van der Waals surface area contributed by atoms with E-state index in [2.05, 4.69) is 24.1 Å². The van der Waals surface area contributed by atoms with E-state index in [0.29, 0.717) is 18.2 Å². The fourth-order valence-electron chi connectivity index (χ4n) is 2.35. The van der Waals surface area contributed by atoms with Crippen molar-refractivity contribution < 1.29 is 9.90 Å². The van der Waals surface area contributed by atoms with Gasteiger partial charge in [-0.15, -0.1) is 0 Å². The number of carbonyl (C=O) groups is 1. The Morgan fingerprint density at radius 2 is 2.19 bits per heavy atom. The summed E-state index contributed by atoms with van der Waals surface area (Å²) in [6.07, 6.45) is 2.07. The van der Waals surface area contributed by atoms with Crippen molar-refractivity contribution in [3.63, 3.8) is 0 Å². The lowest BCUT2D eigenvalue weighted by Gasteiger charge is -2.22. The van der Waals surface area contributed by atoms with Crippen LogP contribution in [0.4, 0.5) is 5.82 Å². The zero-order chi connectivity index (χ0) is 15.4. The number of hydrogen-bond donors (Lipinski definition) is 2. The van der Waals surface area contributed by atoms with Crippen molar-refractivity contribution in [1.29, 1.82) is 0 Å². The van der Waals surface area contributed by atoms with Gasteiger partial charge in [0.05, 0.1) is 6.61 Å². The highest BCUT2D eigenvalue weighted by atomic mass is 16.3. The summed E-state index contributed by atoms with van der Waals surface area (Å²) >= 11 is 0. The Morgan fingerprint density at radius 3 is 2.71 bits per heavy atom. The summed E-state index contributed by atoms with van der Waals surface area (Å²) in [5.74, 6) is 1.00. The molecule has 1 aromatic heterocycles. The molecule has 5 heteroatoms. The van der Waals surface area contributed by atoms with Crippen LogP contribution in [0, 0.1) is 0 Å². The highest BCUT2D eigenvalue weighted by Gasteiger charge is 2.32. The first-order valence-corrected chi connectivity index (χ1v) is 7.74. The third kappa shape index (κ3) is 3.94. The van der Waals surface area contributed by atoms with E-state index in [1.807, 2.05) is 19.1 Å². The highest BCUT2D eigenvalue weighted by Crippen LogP contribution is 2.29. The van der Waals surface area contributed by atoms with E-state index in [4.69, 9.17) is 0 Å². The molecule has 0 bridgehead atoms. The minimum absolute atomic E-state index is 0.00439. The third-order valence-corrected chi connectivity index (χ3v) is 3.63. The number of aromatic nitrogens is 1. The van der Waals surface area contributed by atoms with Gasteiger partial charge in [0, 0.05) is 30.4 Å². The van der Waals surface area contributed by atoms with Gasteiger partial charge in [-0.25, -0.2) is 4.98 Å². The van der Waals surface area contributed by atoms with E-state index in [1.54, 1.807) is 4.90 Å². The Morgan fingerprint density at radius 1 is 1.48 bits per heavy atom. The van der Waals surface area contributed by atoms with E-state index in [-0.39, 0.29) is 18.4 Å². The molecule has 0 radical (unpaired) electrons. The molecular formula is C16H25N3O2. The van der Waals surface area contributed by atoms with E-state index in [9.17, 15) is 9.90 Å². The van der Waals surface area contributed by atoms with Crippen LogP contribution in [0.15, 0.2) is 12.1 Å². The predicted octanol–water partition coefficient (Wildman–Crippen LogP) is 2.23. The zero-order valence-corrected chi connectivity index (χ0v) is 13.1. The van der Waals surface area contributed by atoms with Crippen LogP contribution in [0.1, 0.15) is 55.6 Å². The zero-order valence-electron chi connectivity index (χ0n) is 13.1. The van der Waals surface area contributed by atoms with E-state index in [0.717, 1.165) is 30.9 Å². The third-order valence-electron chi connectivity index (χ3n) is 3.63. The number of pyridine rings is 1. The standard InChI is InChI=1S/C16H25N3O2/c1-4-17-15-10-12(9-14(18-15)11(2)3)16(21)19(7-8-20)13-5-6-13/h9-11,13,20H,4-8H2,1-3H3,(H,17,18). The number of hydrogen-bond acceptors (Lipinski definition) is 4. The molecule has 1 heterocycles. The molecule has 0 spiro atoms. The number of carbonyl (C=O) groups excluding carboxylic acids is 1. The molecule has 116 valence electrons. The topological polar surface area (TPSA) is 65.5 Å². The molecule has 5 nitrogen and oxygen atoms in total. The quantitative estimate of drug-likeness (QED) is 0.808. The second-order valence-corrected chi connectivity index (χ2v) is 5.80. The lowest BCUT2D eigenvalue weighted by molar-refractivity contribution is 0.0707. The van der Waals surface area contributed by atoms with Crippen molar-refractivity contribution in [3.05, 3.63) is 23.4 Å². The van der Waals surface area contributed by atoms with Gasteiger partial charge >= 0.3 is 0 Å². The van der Waals surface area contributed by atoms with Crippen molar-refractivity contribution in [2.45, 2.75) is 45.6 Å². The molecule has 1 amide bonds. The molecule has 1 aliphatic rings. The molecule has 0 aliphatic heterocycles. The Labute approximate surface area is 126 Å². The average molecular weight is 291 g/mol. The SMILES string of the molecule is CCNc1cc(C(=O)N(CCO)C2CC2)cc(C(C)C)n1. The van der Waals surface area contributed by atoms with Crippen LogP contribution in [0.25, 0.3) is 0 Å². The van der Waals surface area contributed by atoms with Crippen LogP contribution in [0.2, 0.25) is 0 Å². The van der Waals surface area contributed by atoms with Crippen LogP contribution in [0.3, 0.4) is 0 Å². The van der Waals surface area contributed by atoms with E-state index >= 15 is 0 Å². The Bertz CT molecular complexity index is 498. The van der Waals surface area contributed by atoms with Gasteiger partial charge in [-0.05, 0) is 37.8 Å². The molecule has 0 unspecified atom stereocenters. The molecule has 0 saturated heterocycles. The van der Waals surface area contributed by atoms with Gasteiger partial charge in [0.2, 0.25) is 0 Å². The van der Waals surface area contributed by atoms with Crippen LogP contribution in [-0.2, 0) is 0 Å². The number of rotatable bonds is 7. The van der Waals surface area contributed by atoms with Gasteiger partial charge in [0.15, 0.2) is 0 Å². The van der Waals surface area contributed by atoms with Crippen LogP contribution < -0.4 is 5.32 Å². The van der Waals surface area contributed by atoms with Crippen molar-refractivity contribution >= 4 is 11.7 Å². The Balaban J connectivity index is 2.29. The summed E-state index contributed by atoms with van der Waals surface area (Å²) in [4.78, 5) is 19.0. The largest absolute Gasteiger partial charge is 0.395 e. The fourth-order valence-corrected chi connectivity index (χ4v) is 2.35. The van der Waals surface area contributed by atoms with Gasteiger partial charge in [0.25, 0.3) is 5.91 Å². The lowest BCUT2D eigenvalue weighted by Crippen LogP contribution is -2.35. The summed E-state index contributed by atoms with van der Waals surface area (Å²) in [6, 6.07) is 3.98. The monoisotopic (exact) mass is 291 g/mol. The molecule has 21 heavy (non-hydrogen) atoms. The number of nitrogens with one attached hydrogen (secondary N) is 1. The van der Waals surface area contributed by atoms with E-state index < -0.39 is 0 Å². The molecule has 1 fully saturated rings. The second-order valence-electron chi connectivity index (χ2n) is 5.80. The second kappa shape index (κ2) is 6.89. The van der Waals surface area contributed by atoms with E-state index in [1.165, 1.54) is 0 Å². The minimum atomic E-state index is -0.00463. The molecule has 1 aromatic rings.